The van der Waals surface area contributed by atoms with Crippen molar-refractivity contribution in [1.82, 2.24) is 5.32 Å². The molecule has 0 aliphatic rings. The lowest BCUT2D eigenvalue weighted by Crippen LogP contribution is -2.53. The summed E-state index contributed by atoms with van der Waals surface area (Å²) in [6.45, 7) is 4.04. The van der Waals surface area contributed by atoms with Crippen LogP contribution in [-0.4, -0.2) is 57.3 Å². The van der Waals surface area contributed by atoms with E-state index in [1.807, 2.05) is 0 Å². The van der Waals surface area contributed by atoms with Crippen molar-refractivity contribution in [2.45, 2.75) is 263 Å². The van der Waals surface area contributed by atoms with Crippen LogP contribution in [0.2, 0.25) is 0 Å². The second kappa shape index (κ2) is 45.4. The van der Waals surface area contributed by atoms with E-state index in [1.165, 1.54) is 148 Å². The first-order valence-electron chi connectivity index (χ1n) is 24.5. The van der Waals surface area contributed by atoms with Gasteiger partial charge in [-0.05, 0) is 83.5 Å². The van der Waals surface area contributed by atoms with Gasteiger partial charge in [-0.2, -0.15) is 0 Å². The maximum atomic E-state index is 12.5. The number of unbranched alkanes of at least 4 members (excludes halogenated alkanes) is 27. The van der Waals surface area contributed by atoms with E-state index >= 15 is 0 Å². The van der Waals surface area contributed by atoms with Gasteiger partial charge in [0.05, 0.1) is 18.8 Å². The standard InChI is InChI=1S/C51H95NO5/c1-3-5-7-9-11-13-15-17-19-21-23-24-25-27-29-31-33-35-37-39-41-43-45-49(55)51(57)52-47(46-53)50(56)48(54)44-42-40-38-36-34-32-30-28-26-22-20-18-16-14-12-10-8-6-4-2/h23-24,27-30,36,38,47-50,53-56H,3-22,25-26,31-35,37,39-46H2,1-2H3,(H,52,57)/b24-23-,29-27-,30-28+,38-36+. The fraction of sp³-hybridized carbons (Fsp3) is 0.824. The second-order valence-corrected chi connectivity index (χ2v) is 16.8. The van der Waals surface area contributed by atoms with E-state index < -0.39 is 36.9 Å². The Morgan fingerprint density at radius 3 is 1.21 bits per heavy atom. The van der Waals surface area contributed by atoms with Crippen LogP contribution in [0.4, 0.5) is 0 Å². The second-order valence-electron chi connectivity index (χ2n) is 16.8. The minimum absolute atomic E-state index is 0.347. The monoisotopic (exact) mass is 802 g/mol. The molecule has 0 heterocycles. The minimum atomic E-state index is -1.29. The van der Waals surface area contributed by atoms with Crippen molar-refractivity contribution in [3.05, 3.63) is 48.6 Å². The summed E-state index contributed by atoms with van der Waals surface area (Å²) in [5, 5.41) is 43.8. The quantitative estimate of drug-likeness (QED) is 0.0311. The summed E-state index contributed by atoms with van der Waals surface area (Å²) in [6, 6.07) is -1.01. The third-order valence-electron chi connectivity index (χ3n) is 11.2. The summed E-state index contributed by atoms with van der Waals surface area (Å²) >= 11 is 0. The summed E-state index contributed by atoms with van der Waals surface area (Å²) in [6.07, 6.45) is 55.8. The zero-order valence-electron chi connectivity index (χ0n) is 37.6. The first kappa shape index (κ1) is 55.3. The Morgan fingerprint density at radius 1 is 0.439 bits per heavy atom. The molecule has 0 bridgehead atoms. The topological polar surface area (TPSA) is 110 Å². The Hall–Kier alpha value is -1.73. The number of carbonyl (C=O) groups is 1. The molecular weight excluding hydrogens is 707 g/mol. The van der Waals surface area contributed by atoms with E-state index in [0.717, 1.165) is 57.8 Å². The molecule has 334 valence electrons. The van der Waals surface area contributed by atoms with Gasteiger partial charge in [-0.1, -0.05) is 204 Å². The van der Waals surface area contributed by atoms with Gasteiger partial charge in [0, 0.05) is 0 Å². The molecule has 0 saturated heterocycles. The molecule has 0 aliphatic heterocycles. The van der Waals surface area contributed by atoms with Gasteiger partial charge in [-0.25, -0.2) is 0 Å². The summed E-state index contributed by atoms with van der Waals surface area (Å²) in [5.74, 6) is -0.606. The smallest absolute Gasteiger partial charge is 0.249 e. The van der Waals surface area contributed by atoms with E-state index in [2.05, 4.69) is 67.8 Å². The molecule has 0 radical (unpaired) electrons. The number of hydrogen-bond acceptors (Lipinski definition) is 5. The van der Waals surface area contributed by atoms with Gasteiger partial charge in [0.2, 0.25) is 5.91 Å². The molecule has 0 aromatic carbocycles. The first-order valence-corrected chi connectivity index (χ1v) is 24.5. The van der Waals surface area contributed by atoms with Crippen molar-refractivity contribution in [3.63, 3.8) is 0 Å². The van der Waals surface area contributed by atoms with Crippen molar-refractivity contribution < 1.29 is 25.2 Å². The molecule has 0 aromatic heterocycles. The SMILES string of the molecule is CCCCCCCCCCC/C=C\C/C=C\CCCCCCCCC(O)C(=O)NC(CO)C(O)C(O)CCC/C=C/CC/C=C/CCCCCCCCCCCC. The van der Waals surface area contributed by atoms with Crippen LogP contribution >= 0.6 is 0 Å². The lowest BCUT2D eigenvalue weighted by molar-refractivity contribution is -0.132. The number of carbonyl (C=O) groups excluding carboxylic acids is 1. The zero-order chi connectivity index (χ0) is 41.7. The van der Waals surface area contributed by atoms with E-state index in [-0.39, 0.29) is 0 Å². The number of amides is 1. The predicted molar refractivity (Wildman–Crippen MR) is 247 cm³/mol. The van der Waals surface area contributed by atoms with Crippen LogP contribution in [0.3, 0.4) is 0 Å². The molecule has 57 heavy (non-hydrogen) atoms. The molecule has 0 spiro atoms. The van der Waals surface area contributed by atoms with E-state index in [9.17, 15) is 25.2 Å². The Labute approximate surface area is 353 Å². The third-order valence-corrected chi connectivity index (χ3v) is 11.2. The molecule has 0 saturated carbocycles. The molecule has 4 unspecified atom stereocenters. The molecule has 0 aromatic rings. The molecule has 0 fully saturated rings. The highest BCUT2D eigenvalue weighted by atomic mass is 16.3. The number of nitrogens with one attached hydrogen (secondary N) is 1. The number of aliphatic hydroxyl groups is 4. The number of allylic oxidation sites excluding steroid dienone is 8. The molecule has 5 N–H and O–H groups in total. The molecule has 6 heteroatoms. The maximum Gasteiger partial charge on any atom is 0.249 e. The van der Waals surface area contributed by atoms with Crippen LogP contribution in [0.15, 0.2) is 48.6 Å². The maximum absolute atomic E-state index is 12.5. The van der Waals surface area contributed by atoms with Crippen molar-refractivity contribution in [3.8, 4) is 0 Å². The first-order chi connectivity index (χ1) is 28.0. The van der Waals surface area contributed by atoms with Crippen LogP contribution in [-0.2, 0) is 4.79 Å². The highest BCUT2D eigenvalue weighted by Crippen LogP contribution is 2.15. The largest absolute Gasteiger partial charge is 0.394 e. The van der Waals surface area contributed by atoms with Crippen LogP contribution in [0.5, 0.6) is 0 Å². The van der Waals surface area contributed by atoms with Gasteiger partial charge < -0.3 is 25.7 Å². The fourth-order valence-corrected chi connectivity index (χ4v) is 7.33. The van der Waals surface area contributed by atoms with Gasteiger partial charge >= 0.3 is 0 Å². The number of rotatable bonds is 44. The van der Waals surface area contributed by atoms with Crippen LogP contribution in [0.1, 0.15) is 239 Å². The lowest BCUT2D eigenvalue weighted by atomic mass is 10.00. The minimum Gasteiger partial charge on any atom is -0.394 e. The third kappa shape index (κ3) is 39.5. The fourth-order valence-electron chi connectivity index (χ4n) is 7.33. The Morgan fingerprint density at radius 2 is 0.789 bits per heavy atom. The van der Waals surface area contributed by atoms with Gasteiger partial charge in [-0.3, -0.25) is 4.79 Å². The molecule has 6 nitrogen and oxygen atoms in total. The van der Waals surface area contributed by atoms with Crippen molar-refractivity contribution in [1.29, 1.82) is 0 Å². The summed E-state index contributed by atoms with van der Waals surface area (Å²) in [7, 11) is 0. The molecule has 0 rings (SSSR count). The Bertz CT molecular complexity index is 946. The molecule has 0 aliphatic carbocycles. The van der Waals surface area contributed by atoms with Gasteiger partial charge in [-0.15, -0.1) is 0 Å². The Balaban J connectivity index is 3.79. The van der Waals surface area contributed by atoms with Gasteiger partial charge in [0.25, 0.3) is 0 Å². The summed E-state index contributed by atoms with van der Waals surface area (Å²) in [5.41, 5.74) is 0. The normalized spacial score (nSPS) is 14.4. The number of hydrogen-bond donors (Lipinski definition) is 5. The summed E-state index contributed by atoms with van der Waals surface area (Å²) in [4.78, 5) is 12.5. The van der Waals surface area contributed by atoms with Gasteiger partial charge in [0.1, 0.15) is 12.2 Å². The van der Waals surface area contributed by atoms with Crippen LogP contribution in [0.25, 0.3) is 0 Å². The van der Waals surface area contributed by atoms with Crippen molar-refractivity contribution >= 4 is 5.91 Å². The zero-order valence-corrected chi connectivity index (χ0v) is 37.6. The molecule has 1 amide bonds. The number of aliphatic hydroxyl groups excluding tert-OH is 4. The van der Waals surface area contributed by atoms with Crippen molar-refractivity contribution in [2.24, 2.45) is 0 Å². The Kier molecular flexibility index (Phi) is 44.0. The van der Waals surface area contributed by atoms with E-state index in [0.29, 0.717) is 19.3 Å². The van der Waals surface area contributed by atoms with E-state index in [4.69, 9.17) is 0 Å². The lowest BCUT2D eigenvalue weighted by Gasteiger charge is -2.27. The average molecular weight is 802 g/mol. The van der Waals surface area contributed by atoms with Crippen LogP contribution in [0, 0.1) is 0 Å². The van der Waals surface area contributed by atoms with Crippen molar-refractivity contribution in [2.75, 3.05) is 6.61 Å². The predicted octanol–water partition coefficient (Wildman–Crippen LogP) is 13.5. The average Bonchev–Trinajstić information content (AvgIpc) is 3.22. The van der Waals surface area contributed by atoms with Crippen LogP contribution < -0.4 is 5.32 Å². The van der Waals surface area contributed by atoms with Gasteiger partial charge in [0.15, 0.2) is 0 Å². The molecule has 4 atom stereocenters. The summed E-state index contributed by atoms with van der Waals surface area (Å²) < 4.78 is 0. The highest BCUT2D eigenvalue weighted by molar-refractivity contribution is 5.80. The molecular formula is C51H95NO5. The highest BCUT2D eigenvalue weighted by Gasteiger charge is 2.28. The van der Waals surface area contributed by atoms with E-state index in [1.54, 1.807) is 0 Å².